The van der Waals surface area contributed by atoms with Crippen molar-refractivity contribution in [3.8, 4) is 5.75 Å². The summed E-state index contributed by atoms with van der Waals surface area (Å²) in [6.45, 7) is 3.68. The van der Waals surface area contributed by atoms with E-state index in [1.165, 1.54) is 5.56 Å². The van der Waals surface area contributed by atoms with E-state index in [9.17, 15) is 0 Å². The number of unbranched alkanes of at least 4 members (excludes halogenated alkanes) is 1. The molecule has 1 aromatic rings. The van der Waals surface area contributed by atoms with Crippen LogP contribution in [0, 0.1) is 0 Å². The van der Waals surface area contributed by atoms with Gasteiger partial charge < -0.3 is 15.4 Å². The van der Waals surface area contributed by atoms with Crippen molar-refractivity contribution < 1.29 is 4.74 Å². The molecule has 0 heterocycles. The lowest BCUT2D eigenvalue weighted by molar-refractivity contribution is 0.309. The number of benzene rings is 1. The number of ether oxygens (including phenoxy) is 1. The Morgan fingerprint density at radius 2 is 2.16 bits per heavy atom. The fourth-order valence-corrected chi connectivity index (χ4v) is 1.54. The Bertz CT molecular complexity index is 383. The highest BCUT2D eigenvalue weighted by Gasteiger charge is 1.98. The van der Waals surface area contributed by atoms with Crippen LogP contribution in [0.15, 0.2) is 29.3 Å². The quantitative estimate of drug-likeness (QED) is 0.347. The van der Waals surface area contributed by atoms with Crippen LogP contribution in [0.1, 0.15) is 25.3 Å². The van der Waals surface area contributed by atoms with Crippen molar-refractivity contribution in [1.82, 2.24) is 10.6 Å². The molecule has 0 saturated heterocycles. The van der Waals surface area contributed by atoms with Gasteiger partial charge >= 0.3 is 0 Å². The van der Waals surface area contributed by atoms with Gasteiger partial charge in [-0.15, -0.1) is 24.0 Å². The van der Waals surface area contributed by atoms with Gasteiger partial charge in [-0.1, -0.05) is 25.5 Å². The minimum Gasteiger partial charge on any atom is -0.494 e. The summed E-state index contributed by atoms with van der Waals surface area (Å²) in [7, 11) is 3.60. The number of aliphatic imine (C=N–C) groups is 1. The second-order valence-corrected chi connectivity index (χ2v) is 4.03. The number of hydrogen-bond donors (Lipinski definition) is 2. The van der Waals surface area contributed by atoms with Crippen molar-refractivity contribution in [2.75, 3.05) is 20.7 Å². The van der Waals surface area contributed by atoms with E-state index < -0.39 is 0 Å². The first kappa shape index (κ1) is 18.0. The van der Waals surface area contributed by atoms with E-state index in [0.29, 0.717) is 0 Å². The predicted octanol–water partition coefficient (Wildman–Crippen LogP) is 2.78. The van der Waals surface area contributed by atoms with Crippen LogP contribution in [0.2, 0.25) is 0 Å². The average molecular weight is 377 g/mol. The Morgan fingerprint density at radius 1 is 1.37 bits per heavy atom. The molecule has 108 valence electrons. The molecule has 0 aliphatic heterocycles. The SMILES string of the molecule is CCCCOc1cccc(CNC(=NC)NC)c1.I. The van der Waals surface area contributed by atoms with Gasteiger partial charge in [0.15, 0.2) is 5.96 Å². The van der Waals surface area contributed by atoms with Crippen LogP contribution in [0.25, 0.3) is 0 Å². The van der Waals surface area contributed by atoms with E-state index in [2.05, 4.69) is 34.7 Å². The lowest BCUT2D eigenvalue weighted by Gasteiger charge is -2.10. The number of halogens is 1. The van der Waals surface area contributed by atoms with Crippen LogP contribution < -0.4 is 15.4 Å². The maximum atomic E-state index is 5.67. The Kier molecular flexibility index (Phi) is 10.3. The fourth-order valence-electron chi connectivity index (χ4n) is 1.54. The summed E-state index contributed by atoms with van der Waals surface area (Å²) >= 11 is 0. The van der Waals surface area contributed by atoms with Gasteiger partial charge in [-0.05, 0) is 24.1 Å². The molecule has 0 spiro atoms. The molecular formula is C14H24IN3O. The van der Waals surface area contributed by atoms with Gasteiger partial charge in [-0.25, -0.2) is 0 Å². The molecule has 0 bridgehead atoms. The summed E-state index contributed by atoms with van der Waals surface area (Å²) in [5.74, 6) is 1.72. The summed E-state index contributed by atoms with van der Waals surface area (Å²) in [5, 5.41) is 6.20. The third kappa shape index (κ3) is 7.25. The number of rotatable bonds is 6. The minimum absolute atomic E-state index is 0. The first-order valence-corrected chi connectivity index (χ1v) is 6.40. The minimum atomic E-state index is 0. The number of nitrogens with one attached hydrogen (secondary N) is 2. The highest BCUT2D eigenvalue weighted by molar-refractivity contribution is 14.0. The maximum Gasteiger partial charge on any atom is 0.190 e. The van der Waals surface area contributed by atoms with E-state index in [-0.39, 0.29) is 24.0 Å². The molecule has 0 radical (unpaired) electrons. The Morgan fingerprint density at radius 3 is 2.79 bits per heavy atom. The molecule has 0 aliphatic carbocycles. The van der Waals surface area contributed by atoms with Crippen LogP contribution in [0.4, 0.5) is 0 Å². The highest BCUT2D eigenvalue weighted by Crippen LogP contribution is 2.13. The molecule has 4 nitrogen and oxygen atoms in total. The zero-order chi connectivity index (χ0) is 13.2. The van der Waals surface area contributed by atoms with E-state index in [1.807, 2.05) is 19.2 Å². The van der Waals surface area contributed by atoms with Gasteiger partial charge in [0, 0.05) is 20.6 Å². The Hall–Kier alpha value is -0.980. The topological polar surface area (TPSA) is 45.6 Å². The van der Waals surface area contributed by atoms with Crippen molar-refractivity contribution in [3.05, 3.63) is 29.8 Å². The van der Waals surface area contributed by atoms with Crippen molar-refractivity contribution in [3.63, 3.8) is 0 Å². The van der Waals surface area contributed by atoms with Crippen molar-refractivity contribution in [1.29, 1.82) is 0 Å². The van der Waals surface area contributed by atoms with E-state index in [0.717, 1.165) is 37.7 Å². The van der Waals surface area contributed by atoms with E-state index in [1.54, 1.807) is 7.05 Å². The lowest BCUT2D eigenvalue weighted by atomic mass is 10.2. The summed E-state index contributed by atoms with van der Waals surface area (Å²) in [5.41, 5.74) is 1.18. The molecule has 5 heteroatoms. The maximum absolute atomic E-state index is 5.67. The van der Waals surface area contributed by atoms with Gasteiger partial charge in [0.2, 0.25) is 0 Å². The average Bonchev–Trinajstić information content (AvgIpc) is 2.41. The molecule has 0 unspecified atom stereocenters. The highest BCUT2D eigenvalue weighted by atomic mass is 127. The Balaban J connectivity index is 0.00000324. The number of nitrogens with zero attached hydrogens (tertiary/aromatic N) is 1. The molecule has 1 aromatic carbocycles. The summed E-state index contributed by atoms with van der Waals surface area (Å²) < 4.78 is 5.67. The van der Waals surface area contributed by atoms with Crippen LogP contribution >= 0.6 is 24.0 Å². The normalized spacial score (nSPS) is 10.6. The lowest BCUT2D eigenvalue weighted by Crippen LogP contribution is -2.34. The third-order valence-corrected chi connectivity index (χ3v) is 2.59. The third-order valence-electron chi connectivity index (χ3n) is 2.59. The fraction of sp³-hybridized carbons (Fsp3) is 0.500. The molecule has 0 fully saturated rings. The van der Waals surface area contributed by atoms with Crippen LogP contribution in [0.5, 0.6) is 5.75 Å². The van der Waals surface area contributed by atoms with Crippen LogP contribution in [0.3, 0.4) is 0 Å². The molecule has 19 heavy (non-hydrogen) atoms. The summed E-state index contributed by atoms with van der Waals surface area (Å²) in [4.78, 5) is 4.07. The molecule has 0 saturated carbocycles. The predicted molar refractivity (Wildman–Crippen MR) is 91.5 cm³/mol. The van der Waals surface area contributed by atoms with Gasteiger partial charge in [0.1, 0.15) is 5.75 Å². The van der Waals surface area contributed by atoms with E-state index >= 15 is 0 Å². The molecule has 0 amide bonds. The molecule has 0 atom stereocenters. The van der Waals surface area contributed by atoms with Gasteiger partial charge in [0.25, 0.3) is 0 Å². The molecule has 2 N–H and O–H groups in total. The molecule has 1 rings (SSSR count). The zero-order valence-electron chi connectivity index (χ0n) is 11.9. The largest absolute Gasteiger partial charge is 0.494 e. The monoisotopic (exact) mass is 377 g/mol. The van der Waals surface area contributed by atoms with Crippen molar-refractivity contribution in [2.45, 2.75) is 26.3 Å². The van der Waals surface area contributed by atoms with Gasteiger partial charge in [-0.2, -0.15) is 0 Å². The number of hydrogen-bond acceptors (Lipinski definition) is 2. The van der Waals surface area contributed by atoms with Gasteiger partial charge in [-0.3, -0.25) is 4.99 Å². The van der Waals surface area contributed by atoms with Crippen molar-refractivity contribution >= 4 is 29.9 Å². The van der Waals surface area contributed by atoms with Gasteiger partial charge in [0.05, 0.1) is 6.61 Å². The standard InChI is InChI=1S/C14H23N3O.HI/c1-4-5-9-18-13-8-6-7-12(10-13)11-17-14(15-2)16-3;/h6-8,10H,4-5,9,11H2,1-3H3,(H2,15,16,17);1H. The van der Waals surface area contributed by atoms with Crippen LogP contribution in [-0.4, -0.2) is 26.7 Å². The number of guanidine groups is 1. The first-order chi connectivity index (χ1) is 8.80. The van der Waals surface area contributed by atoms with E-state index in [4.69, 9.17) is 4.74 Å². The summed E-state index contributed by atoms with van der Waals surface area (Å²) in [6.07, 6.45) is 2.24. The molecule has 0 aromatic heterocycles. The molecule has 0 aliphatic rings. The smallest absolute Gasteiger partial charge is 0.190 e. The summed E-state index contributed by atoms with van der Waals surface area (Å²) in [6, 6.07) is 8.14. The Labute approximate surface area is 133 Å². The second kappa shape index (κ2) is 10.9. The zero-order valence-corrected chi connectivity index (χ0v) is 14.2. The second-order valence-electron chi connectivity index (χ2n) is 4.03. The van der Waals surface area contributed by atoms with Crippen molar-refractivity contribution in [2.24, 2.45) is 4.99 Å². The van der Waals surface area contributed by atoms with Crippen LogP contribution in [-0.2, 0) is 6.54 Å². The molecular weight excluding hydrogens is 353 g/mol. The first-order valence-electron chi connectivity index (χ1n) is 6.40.